The zero-order valence-corrected chi connectivity index (χ0v) is 12.4. The Morgan fingerprint density at radius 2 is 1.95 bits per heavy atom. The number of likely N-dealkylation sites (tertiary alicyclic amines) is 1. The van der Waals surface area contributed by atoms with Crippen molar-refractivity contribution in [3.63, 3.8) is 0 Å². The van der Waals surface area contributed by atoms with E-state index >= 15 is 0 Å². The fraction of sp³-hybridized carbons (Fsp3) is 0.812. The van der Waals surface area contributed by atoms with Crippen molar-refractivity contribution in [2.75, 3.05) is 20.2 Å². The number of ether oxygens (including phenoxy) is 1. The first kappa shape index (κ1) is 16.2. The predicted molar refractivity (Wildman–Crippen MR) is 79.1 cm³/mol. The number of carbonyl (C=O) groups is 1. The van der Waals surface area contributed by atoms with Gasteiger partial charge in [0.1, 0.15) is 6.04 Å². The van der Waals surface area contributed by atoms with Crippen LogP contribution in [0.2, 0.25) is 0 Å². The standard InChI is InChI=1S/C16H29NO2/c1-3-4-5-6-7-8-9-10-13-17-14-11-12-15(17)16(18)19-2/h3,15H,1,4-14H2,2H3/t15-/m0/s1. The normalized spacial score (nSPS) is 19.5. The van der Waals surface area contributed by atoms with Crippen molar-refractivity contribution in [1.82, 2.24) is 4.90 Å². The minimum Gasteiger partial charge on any atom is -0.468 e. The van der Waals surface area contributed by atoms with Crippen LogP contribution in [0.3, 0.4) is 0 Å². The maximum absolute atomic E-state index is 11.6. The van der Waals surface area contributed by atoms with Crippen LogP contribution in [0.4, 0.5) is 0 Å². The Balaban J connectivity index is 2.02. The monoisotopic (exact) mass is 267 g/mol. The lowest BCUT2D eigenvalue weighted by atomic mass is 10.1. The summed E-state index contributed by atoms with van der Waals surface area (Å²) in [6.45, 7) is 5.84. The lowest BCUT2D eigenvalue weighted by Gasteiger charge is -2.22. The van der Waals surface area contributed by atoms with Crippen LogP contribution in [0.15, 0.2) is 12.7 Å². The third-order valence-electron chi connectivity index (χ3n) is 3.94. The Hall–Kier alpha value is -0.830. The summed E-state index contributed by atoms with van der Waals surface area (Å²) in [6, 6.07) is 0.0255. The molecule has 110 valence electrons. The highest BCUT2D eigenvalue weighted by atomic mass is 16.5. The zero-order valence-electron chi connectivity index (χ0n) is 12.4. The summed E-state index contributed by atoms with van der Waals surface area (Å²) in [5, 5.41) is 0. The van der Waals surface area contributed by atoms with E-state index in [0.717, 1.165) is 32.4 Å². The maximum atomic E-state index is 11.6. The molecule has 0 aromatic heterocycles. The van der Waals surface area contributed by atoms with Gasteiger partial charge in [0, 0.05) is 0 Å². The number of esters is 1. The van der Waals surface area contributed by atoms with E-state index < -0.39 is 0 Å². The van der Waals surface area contributed by atoms with Crippen LogP contribution >= 0.6 is 0 Å². The van der Waals surface area contributed by atoms with Crippen LogP contribution in [-0.4, -0.2) is 37.1 Å². The minimum absolute atomic E-state index is 0.0255. The van der Waals surface area contributed by atoms with Crippen molar-refractivity contribution in [2.24, 2.45) is 0 Å². The molecule has 19 heavy (non-hydrogen) atoms. The predicted octanol–water partition coefficient (Wildman–Crippen LogP) is 3.54. The molecule has 3 heteroatoms. The van der Waals surface area contributed by atoms with Gasteiger partial charge in [0.25, 0.3) is 0 Å². The van der Waals surface area contributed by atoms with Crippen molar-refractivity contribution in [3.8, 4) is 0 Å². The highest BCUT2D eigenvalue weighted by Gasteiger charge is 2.30. The van der Waals surface area contributed by atoms with Crippen molar-refractivity contribution >= 4 is 5.97 Å². The van der Waals surface area contributed by atoms with Crippen LogP contribution in [-0.2, 0) is 9.53 Å². The molecule has 0 aliphatic carbocycles. The second-order valence-electron chi connectivity index (χ2n) is 5.42. The minimum atomic E-state index is -0.0538. The molecule has 1 aliphatic rings. The van der Waals surface area contributed by atoms with E-state index in [2.05, 4.69) is 11.5 Å². The molecule has 0 radical (unpaired) electrons. The number of methoxy groups -OCH3 is 1. The van der Waals surface area contributed by atoms with Gasteiger partial charge in [0.05, 0.1) is 7.11 Å². The molecule has 3 nitrogen and oxygen atoms in total. The lowest BCUT2D eigenvalue weighted by Crippen LogP contribution is -2.37. The third kappa shape index (κ3) is 6.24. The van der Waals surface area contributed by atoms with Crippen LogP contribution < -0.4 is 0 Å². The Morgan fingerprint density at radius 1 is 1.26 bits per heavy atom. The van der Waals surface area contributed by atoms with E-state index in [4.69, 9.17) is 4.74 Å². The summed E-state index contributed by atoms with van der Waals surface area (Å²) in [6.07, 6.45) is 13.0. The molecule has 0 aromatic rings. The molecule has 1 rings (SSSR count). The highest BCUT2D eigenvalue weighted by molar-refractivity contribution is 5.75. The summed E-state index contributed by atoms with van der Waals surface area (Å²) in [5.41, 5.74) is 0. The zero-order chi connectivity index (χ0) is 13.9. The van der Waals surface area contributed by atoms with Crippen molar-refractivity contribution in [1.29, 1.82) is 0 Å². The Bertz CT molecular complexity index is 265. The van der Waals surface area contributed by atoms with Crippen molar-refractivity contribution in [2.45, 2.75) is 63.8 Å². The van der Waals surface area contributed by atoms with E-state index in [-0.39, 0.29) is 12.0 Å². The maximum Gasteiger partial charge on any atom is 0.323 e. The Labute approximate surface area is 118 Å². The molecule has 0 spiro atoms. The number of allylic oxidation sites excluding steroid dienone is 1. The Kier molecular flexibility index (Phi) is 8.55. The first-order valence-corrected chi connectivity index (χ1v) is 7.72. The highest BCUT2D eigenvalue weighted by Crippen LogP contribution is 2.19. The molecule has 1 aliphatic heterocycles. The number of hydrogen-bond donors (Lipinski definition) is 0. The van der Waals surface area contributed by atoms with Gasteiger partial charge in [0.15, 0.2) is 0 Å². The molecule has 0 amide bonds. The summed E-state index contributed by atoms with van der Waals surface area (Å²) in [5.74, 6) is -0.0538. The van der Waals surface area contributed by atoms with Gasteiger partial charge in [-0.1, -0.05) is 31.8 Å². The largest absolute Gasteiger partial charge is 0.468 e. The van der Waals surface area contributed by atoms with Gasteiger partial charge in [0.2, 0.25) is 0 Å². The summed E-state index contributed by atoms with van der Waals surface area (Å²) in [7, 11) is 1.49. The van der Waals surface area contributed by atoms with Crippen molar-refractivity contribution < 1.29 is 9.53 Å². The quantitative estimate of drug-likeness (QED) is 0.344. The van der Waals surface area contributed by atoms with Gasteiger partial charge in [-0.05, 0) is 45.2 Å². The second kappa shape index (κ2) is 10.0. The molecule has 0 bridgehead atoms. The van der Waals surface area contributed by atoms with Gasteiger partial charge in [-0.2, -0.15) is 0 Å². The average Bonchev–Trinajstić information content (AvgIpc) is 2.89. The molecule has 0 unspecified atom stereocenters. The lowest BCUT2D eigenvalue weighted by molar-refractivity contribution is -0.145. The molecule has 1 atom stereocenters. The van der Waals surface area contributed by atoms with Gasteiger partial charge in [-0.3, -0.25) is 9.69 Å². The first-order valence-electron chi connectivity index (χ1n) is 7.72. The van der Waals surface area contributed by atoms with E-state index in [9.17, 15) is 4.79 Å². The summed E-state index contributed by atoms with van der Waals surface area (Å²) in [4.78, 5) is 13.9. The van der Waals surface area contributed by atoms with Crippen molar-refractivity contribution in [3.05, 3.63) is 12.7 Å². The van der Waals surface area contributed by atoms with E-state index in [1.54, 1.807) is 0 Å². The van der Waals surface area contributed by atoms with E-state index in [0.29, 0.717) is 0 Å². The number of carbonyl (C=O) groups excluding carboxylic acids is 1. The number of nitrogens with zero attached hydrogens (tertiary/aromatic N) is 1. The molecular weight excluding hydrogens is 238 g/mol. The Morgan fingerprint density at radius 3 is 2.63 bits per heavy atom. The number of hydrogen-bond acceptors (Lipinski definition) is 3. The SMILES string of the molecule is C=CCCCCCCCCN1CCC[C@H]1C(=O)OC. The third-order valence-corrected chi connectivity index (χ3v) is 3.94. The fourth-order valence-electron chi connectivity index (χ4n) is 2.81. The fourth-order valence-corrected chi connectivity index (χ4v) is 2.81. The van der Waals surface area contributed by atoms with Gasteiger partial charge in [-0.15, -0.1) is 6.58 Å². The molecule has 1 saturated heterocycles. The van der Waals surface area contributed by atoms with E-state index in [1.165, 1.54) is 45.6 Å². The summed E-state index contributed by atoms with van der Waals surface area (Å²) >= 11 is 0. The number of unbranched alkanes of at least 4 members (excludes halogenated alkanes) is 6. The number of rotatable bonds is 10. The topological polar surface area (TPSA) is 29.5 Å². The molecular formula is C16H29NO2. The van der Waals surface area contributed by atoms with Gasteiger partial charge in [-0.25, -0.2) is 0 Å². The van der Waals surface area contributed by atoms with Gasteiger partial charge < -0.3 is 4.74 Å². The smallest absolute Gasteiger partial charge is 0.323 e. The van der Waals surface area contributed by atoms with Crippen LogP contribution in [0.1, 0.15) is 57.8 Å². The van der Waals surface area contributed by atoms with Gasteiger partial charge >= 0.3 is 5.97 Å². The summed E-state index contributed by atoms with van der Waals surface area (Å²) < 4.78 is 4.86. The van der Waals surface area contributed by atoms with E-state index in [1.807, 2.05) is 6.08 Å². The molecule has 0 N–H and O–H groups in total. The van der Waals surface area contributed by atoms with Crippen LogP contribution in [0.25, 0.3) is 0 Å². The molecule has 1 fully saturated rings. The first-order chi connectivity index (χ1) is 9.29. The second-order valence-corrected chi connectivity index (χ2v) is 5.42. The molecule has 0 aromatic carbocycles. The average molecular weight is 267 g/mol. The van der Waals surface area contributed by atoms with Crippen LogP contribution in [0, 0.1) is 0 Å². The van der Waals surface area contributed by atoms with Crippen LogP contribution in [0.5, 0.6) is 0 Å². The molecule has 0 saturated carbocycles. The molecule has 1 heterocycles.